The molecule has 18 heavy (non-hydrogen) atoms. The summed E-state index contributed by atoms with van der Waals surface area (Å²) in [4.78, 5) is 14.6. The van der Waals surface area contributed by atoms with Crippen LogP contribution in [0.4, 0.5) is 4.39 Å². The van der Waals surface area contributed by atoms with Crippen molar-refractivity contribution in [3.05, 3.63) is 24.1 Å². The van der Waals surface area contributed by atoms with Crippen LogP contribution in [0, 0.1) is 11.7 Å². The fraction of sp³-hybridized carbons (Fsp3) is 0.300. The van der Waals surface area contributed by atoms with Crippen LogP contribution in [0.15, 0.2) is 18.3 Å². The lowest BCUT2D eigenvalue weighted by Crippen LogP contribution is -2.18. The number of rotatable bonds is 4. The monoisotopic (exact) mass is 251 g/mol. The molecule has 8 heteroatoms. The van der Waals surface area contributed by atoms with Crippen LogP contribution >= 0.6 is 0 Å². The van der Waals surface area contributed by atoms with Gasteiger partial charge in [0.1, 0.15) is 11.5 Å². The van der Waals surface area contributed by atoms with Crippen molar-refractivity contribution in [1.29, 1.82) is 0 Å². The van der Waals surface area contributed by atoms with Gasteiger partial charge in [-0.2, -0.15) is 0 Å². The van der Waals surface area contributed by atoms with E-state index in [2.05, 4.69) is 20.5 Å². The molecule has 2 aromatic rings. The Morgan fingerprint density at radius 2 is 2.33 bits per heavy atom. The van der Waals surface area contributed by atoms with E-state index in [1.165, 1.54) is 16.8 Å². The predicted octanol–water partition coefficient (Wildman–Crippen LogP) is 0.595. The third kappa shape index (κ3) is 2.47. The lowest BCUT2D eigenvalue weighted by molar-refractivity contribution is -0.141. The van der Waals surface area contributed by atoms with Crippen molar-refractivity contribution in [2.75, 3.05) is 0 Å². The molecule has 94 valence electrons. The Kier molecular flexibility index (Phi) is 3.26. The van der Waals surface area contributed by atoms with Crippen molar-refractivity contribution >= 4 is 5.97 Å². The summed E-state index contributed by atoms with van der Waals surface area (Å²) in [5.74, 6) is -1.73. The van der Waals surface area contributed by atoms with Gasteiger partial charge >= 0.3 is 5.97 Å². The van der Waals surface area contributed by atoms with E-state index >= 15 is 0 Å². The largest absolute Gasteiger partial charge is 0.481 e. The van der Waals surface area contributed by atoms with Gasteiger partial charge in [-0.3, -0.25) is 4.79 Å². The number of halogens is 1. The molecular weight excluding hydrogens is 241 g/mol. The van der Waals surface area contributed by atoms with Crippen molar-refractivity contribution in [1.82, 2.24) is 25.2 Å². The second-order valence-corrected chi connectivity index (χ2v) is 3.79. The second-order valence-electron chi connectivity index (χ2n) is 3.79. The van der Waals surface area contributed by atoms with Gasteiger partial charge in [0.25, 0.3) is 0 Å². The van der Waals surface area contributed by atoms with E-state index in [-0.39, 0.29) is 6.54 Å². The molecule has 2 rings (SSSR count). The van der Waals surface area contributed by atoms with Crippen molar-refractivity contribution in [3.63, 3.8) is 0 Å². The Morgan fingerprint density at radius 1 is 1.56 bits per heavy atom. The predicted molar refractivity (Wildman–Crippen MR) is 57.8 cm³/mol. The van der Waals surface area contributed by atoms with Crippen LogP contribution < -0.4 is 0 Å². The molecule has 0 saturated carbocycles. The van der Waals surface area contributed by atoms with Crippen LogP contribution in [0.5, 0.6) is 0 Å². The molecule has 0 aliphatic rings. The van der Waals surface area contributed by atoms with Gasteiger partial charge < -0.3 is 5.11 Å². The average molecular weight is 251 g/mol. The average Bonchev–Trinajstić information content (AvgIpc) is 2.78. The van der Waals surface area contributed by atoms with E-state index in [0.717, 1.165) is 6.20 Å². The first-order valence-electron chi connectivity index (χ1n) is 5.19. The molecule has 0 aliphatic carbocycles. The molecule has 2 aromatic heterocycles. The Hall–Kier alpha value is -2.38. The van der Waals surface area contributed by atoms with Crippen LogP contribution in [0.25, 0.3) is 11.5 Å². The van der Waals surface area contributed by atoms with E-state index in [9.17, 15) is 9.18 Å². The van der Waals surface area contributed by atoms with Gasteiger partial charge in [-0.1, -0.05) is 6.92 Å². The molecule has 7 nitrogen and oxygen atoms in total. The highest BCUT2D eigenvalue weighted by atomic mass is 19.1. The van der Waals surface area contributed by atoms with Gasteiger partial charge in [0.05, 0.1) is 18.7 Å². The fourth-order valence-electron chi connectivity index (χ4n) is 1.36. The van der Waals surface area contributed by atoms with Gasteiger partial charge in [0.15, 0.2) is 0 Å². The molecule has 0 saturated heterocycles. The number of pyridine rings is 1. The number of carbonyl (C=O) groups is 1. The molecule has 0 bridgehead atoms. The molecule has 1 N–H and O–H groups in total. The van der Waals surface area contributed by atoms with Crippen LogP contribution in [-0.4, -0.2) is 36.3 Å². The van der Waals surface area contributed by atoms with E-state index in [0.29, 0.717) is 11.5 Å². The van der Waals surface area contributed by atoms with Gasteiger partial charge in [-0.15, -0.1) is 5.10 Å². The maximum atomic E-state index is 12.7. The third-order valence-electron chi connectivity index (χ3n) is 2.36. The summed E-state index contributed by atoms with van der Waals surface area (Å²) >= 11 is 0. The van der Waals surface area contributed by atoms with Crippen molar-refractivity contribution < 1.29 is 14.3 Å². The first-order chi connectivity index (χ1) is 8.58. The lowest BCUT2D eigenvalue weighted by Gasteiger charge is -2.07. The number of tetrazole rings is 1. The Bertz CT molecular complexity index is 554. The minimum absolute atomic E-state index is 0.122. The van der Waals surface area contributed by atoms with Crippen LogP contribution in [0.2, 0.25) is 0 Å². The minimum atomic E-state index is -0.941. The van der Waals surface area contributed by atoms with Gasteiger partial charge in [-0.05, 0) is 22.6 Å². The van der Waals surface area contributed by atoms with E-state index in [1.54, 1.807) is 6.92 Å². The summed E-state index contributed by atoms with van der Waals surface area (Å²) in [5, 5.41) is 19.7. The molecule has 1 unspecified atom stereocenters. The lowest BCUT2D eigenvalue weighted by atomic mass is 10.2. The molecule has 0 radical (unpaired) electrons. The van der Waals surface area contributed by atoms with Crippen LogP contribution in [0.1, 0.15) is 6.92 Å². The number of carboxylic acids is 1. The van der Waals surface area contributed by atoms with Gasteiger partial charge in [-0.25, -0.2) is 14.1 Å². The molecule has 0 aliphatic heterocycles. The number of hydrogen-bond donors (Lipinski definition) is 1. The first kappa shape index (κ1) is 12.1. The number of aliphatic carboxylic acids is 1. The standard InChI is InChI=1S/C10H10FN5O2/c1-6(10(17)18)5-16-9(13-14-15-16)8-3-2-7(11)4-12-8/h2-4,6H,5H2,1H3,(H,17,18). The zero-order valence-electron chi connectivity index (χ0n) is 9.49. The highest BCUT2D eigenvalue weighted by Gasteiger charge is 2.17. The summed E-state index contributed by atoms with van der Waals surface area (Å²) in [5.41, 5.74) is 0.388. The maximum absolute atomic E-state index is 12.7. The van der Waals surface area contributed by atoms with Crippen LogP contribution in [0.3, 0.4) is 0 Å². The zero-order chi connectivity index (χ0) is 13.1. The Morgan fingerprint density at radius 3 is 2.94 bits per heavy atom. The summed E-state index contributed by atoms with van der Waals surface area (Å²) < 4.78 is 14.1. The van der Waals surface area contributed by atoms with E-state index in [4.69, 9.17) is 5.11 Å². The molecule has 0 amide bonds. The molecular formula is C10H10FN5O2. The molecule has 1 atom stereocenters. The normalized spacial score (nSPS) is 12.3. The molecule has 0 fully saturated rings. The maximum Gasteiger partial charge on any atom is 0.308 e. The summed E-state index contributed by atoms with van der Waals surface area (Å²) in [7, 11) is 0. The number of nitrogens with zero attached hydrogens (tertiary/aromatic N) is 5. The van der Waals surface area contributed by atoms with E-state index in [1.807, 2.05) is 0 Å². The molecule has 2 heterocycles. The SMILES string of the molecule is CC(Cn1nnnc1-c1ccc(F)cn1)C(=O)O. The highest BCUT2D eigenvalue weighted by molar-refractivity contribution is 5.69. The van der Waals surface area contributed by atoms with Gasteiger partial charge in [0.2, 0.25) is 5.82 Å². The number of aromatic nitrogens is 5. The van der Waals surface area contributed by atoms with Gasteiger partial charge in [0, 0.05) is 0 Å². The Labute approximate surface area is 101 Å². The smallest absolute Gasteiger partial charge is 0.308 e. The number of hydrogen-bond acceptors (Lipinski definition) is 5. The summed E-state index contributed by atoms with van der Waals surface area (Å²) in [6.45, 7) is 1.67. The van der Waals surface area contributed by atoms with Crippen molar-refractivity contribution in [3.8, 4) is 11.5 Å². The van der Waals surface area contributed by atoms with Crippen molar-refractivity contribution in [2.45, 2.75) is 13.5 Å². The third-order valence-corrected chi connectivity index (χ3v) is 2.36. The molecule has 0 spiro atoms. The topological polar surface area (TPSA) is 93.8 Å². The Balaban J connectivity index is 2.27. The second kappa shape index (κ2) is 4.86. The van der Waals surface area contributed by atoms with Crippen molar-refractivity contribution in [2.24, 2.45) is 5.92 Å². The summed E-state index contributed by atoms with van der Waals surface area (Å²) in [6.07, 6.45) is 1.05. The zero-order valence-corrected chi connectivity index (χ0v) is 9.49. The first-order valence-corrected chi connectivity index (χ1v) is 5.19. The minimum Gasteiger partial charge on any atom is -0.481 e. The fourth-order valence-corrected chi connectivity index (χ4v) is 1.36. The van der Waals surface area contributed by atoms with E-state index < -0.39 is 17.7 Å². The highest BCUT2D eigenvalue weighted by Crippen LogP contribution is 2.14. The number of carboxylic acid groups (broad SMARTS) is 1. The van der Waals surface area contributed by atoms with Crippen LogP contribution in [-0.2, 0) is 11.3 Å². The molecule has 0 aromatic carbocycles. The summed E-state index contributed by atoms with van der Waals surface area (Å²) in [6, 6.07) is 2.67. The quantitative estimate of drug-likeness (QED) is 0.854.